The second-order valence-corrected chi connectivity index (χ2v) is 6.30. The van der Waals surface area contributed by atoms with Crippen LogP contribution in [0.1, 0.15) is 53.5 Å². The second-order valence-electron chi connectivity index (χ2n) is 6.30. The quantitative estimate of drug-likeness (QED) is 0.448. The Kier molecular flexibility index (Phi) is 6.41. The molecule has 5 nitrogen and oxygen atoms in total. The number of alkyl halides is 3. The zero-order valence-electron chi connectivity index (χ0n) is 15.5. The third-order valence-corrected chi connectivity index (χ3v) is 4.21. The van der Waals surface area contributed by atoms with Crippen LogP contribution in [0.3, 0.4) is 0 Å². The fraction of sp³-hybridized carbons (Fsp3) is 0.421. The Morgan fingerprint density at radius 3 is 2.52 bits per heavy atom. The van der Waals surface area contributed by atoms with Gasteiger partial charge < -0.3 is 5.32 Å². The molecule has 1 aromatic heterocycles. The van der Waals surface area contributed by atoms with Crippen LogP contribution < -0.4 is 5.32 Å². The highest BCUT2D eigenvalue weighted by atomic mass is 19.4. The Bertz CT molecular complexity index is 841. The maximum absolute atomic E-state index is 12.9. The minimum atomic E-state index is -4.48. The molecule has 0 aliphatic carbocycles. The molecule has 0 radical (unpaired) electrons. The molecule has 0 saturated heterocycles. The van der Waals surface area contributed by atoms with Gasteiger partial charge in [-0.3, -0.25) is 9.59 Å². The molecule has 2 aromatic rings. The van der Waals surface area contributed by atoms with Gasteiger partial charge >= 0.3 is 6.18 Å². The van der Waals surface area contributed by atoms with Crippen LogP contribution in [-0.2, 0) is 11.0 Å². The summed E-state index contributed by atoms with van der Waals surface area (Å²) >= 11 is 0. The van der Waals surface area contributed by atoms with Gasteiger partial charge in [0.15, 0.2) is 0 Å². The van der Waals surface area contributed by atoms with Gasteiger partial charge in [-0.1, -0.05) is 25.8 Å². The smallest absolute Gasteiger partial charge is 0.349 e. The van der Waals surface area contributed by atoms with Crippen LogP contribution in [0.25, 0.3) is 5.69 Å². The Labute approximate surface area is 155 Å². The number of benzene rings is 1. The van der Waals surface area contributed by atoms with Crippen LogP contribution in [-0.4, -0.2) is 28.0 Å². The number of hydrogen-bond acceptors (Lipinski definition) is 3. The molecule has 146 valence electrons. The molecule has 0 unspecified atom stereocenters. The minimum absolute atomic E-state index is 0.111. The molecule has 1 N–H and O–H groups in total. The van der Waals surface area contributed by atoms with Crippen LogP contribution in [0.4, 0.5) is 13.2 Å². The number of rotatable bonds is 7. The van der Waals surface area contributed by atoms with E-state index in [0.717, 1.165) is 31.4 Å². The molecule has 27 heavy (non-hydrogen) atoms. The number of aryl methyl sites for hydroxylation is 1. The third kappa shape index (κ3) is 4.75. The molecule has 8 heteroatoms. The molecule has 0 bridgehead atoms. The minimum Gasteiger partial charge on any atom is -0.349 e. The fourth-order valence-electron chi connectivity index (χ4n) is 2.81. The number of hydrogen-bond donors (Lipinski definition) is 1. The topological polar surface area (TPSA) is 64.0 Å². The lowest BCUT2D eigenvalue weighted by Crippen LogP contribution is -2.32. The summed E-state index contributed by atoms with van der Waals surface area (Å²) in [6.45, 7) is 5.53. The second kappa shape index (κ2) is 8.37. The van der Waals surface area contributed by atoms with Crippen molar-refractivity contribution in [2.24, 2.45) is 0 Å². The highest BCUT2D eigenvalue weighted by Gasteiger charge is 2.31. The van der Waals surface area contributed by atoms with Gasteiger partial charge in [-0.25, -0.2) is 4.68 Å². The van der Waals surface area contributed by atoms with Crippen molar-refractivity contribution in [1.82, 2.24) is 15.1 Å². The van der Waals surface area contributed by atoms with E-state index < -0.39 is 23.4 Å². The standard InChI is InChI=1S/C19H22F3N3O2/c1-4-5-6-10-23-18(27)17(26)16-12(2)24-25(13(16)3)15-9-7-8-14(11-15)19(20,21)22/h7-9,11H,4-6,10H2,1-3H3,(H,23,27). The molecule has 0 aliphatic heterocycles. The van der Waals surface area contributed by atoms with Crippen molar-refractivity contribution in [2.45, 2.75) is 46.2 Å². The van der Waals surface area contributed by atoms with Crippen LogP contribution in [0, 0.1) is 13.8 Å². The summed E-state index contributed by atoms with van der Waals surface area (Å²) in [5.74, 6) is -1.47. The highest BCUT2D eigenvalue weighted by molar-refractivity contribution is 6.43. The lowest BCUT2D eigenvalue weighted by molar-refractivity contribution is -0.137. The van der Waals surface area contributed by atoms with E-state index in [0.29, 0.717) is 17.9 Å². The Morgan fingerprint density at radius 1 is 1.19 bits per heavy atom. The number of carbonyl (C=O) groups excluding carboxylic acids is 2. The summed E-state index contributed by atoms with van der Waals surface area (Å²) in [6, 6.07) is 4.66. The monoisotopic (exact) mass is 381 g/mol. The number of halogens is 3. The van der Waals surface area contributed by atoms with E-state index in [1.807, 2.05) is 6.92 Å². The highest BCUT2D eigenvalue weighted by Crippen LogP contribution is 2.30. The average molecular weight is 381 g/mol. The van der Waals surface area contributed by atoms with E-state index in [4.69, 9.17) is 0 Å². The largest absolute Gasteiger partial charge is 0.416 e. The Balaban J connectivity index is 2.29. The lowest BCUT2D eigenvalue weighted by atomic mass is 10.1. The Morgan fingerprint density at radius 2 is 1.89 bits per heavy atom. The van der Waals surface area contributed by atoms with Crippen molar-refractivity contribution >= 4 is 11.7 Å². The molecule has 0 atom stereocenters. The number of Topliss-reactive ketones (excluding diaryl/α,β-unsaturated/α-hetero) is 1. The molecule has 0 saturated carbocycles. The van der Waals surface area contributed by atoms with E-state index in [1.165, 1.54) is 16.8 Å². The molecular weight excluding hydrogens is 359 g/mol. The first kappa shape index (κ1) is 20.7. The molecule has 0 fully saturated rings. The van der Waals surface area contributed by atoms with Gasteiger partial charge in [0.1, 0.15) is 0 Å². The van der Waals surface area contributed by atoms with E-state index in [2.05, 4.69) is 10.4 Å². The maximum atomic E-state index is 12.9. The molecule has 1 amide bonds. The van der Waals surface area contributed by atoms with Crippen molar-refractivity contribution in [3.05, 3.63) is 46.8 Å². The zero-order chi connectivity index (χ0) is 20.2. The molecular formula is C19H22F3N3O2. The van der Waals surface area contributed by atoms with Crippen molar-refractivity contribution in [2.75, 3.05) is 6.54 Å². The van der Waals surface area contributed by atoms with E-state index in [9.17, 15) is 22.8 Å². The summed E-state index contributed by atoms with van der Waals surface area (Å²) in [6.07, 6.45) is -1.77. The van der Waals surface area contributed by atoms with Gasteiger partial charge in [-0.15, -0.1) is 0 Å². The first-order chi connectivity index (χ1) is 12.7. The van der Waals surface area contributed by atoms with Gasteiger partial charge in [0.05, 0.1) is 28.2 Å². The SMILES string of the molecule is CCCCCNC(=O)C(=O)c1c(C)nn(-c2cccc(C(F)(F)F)c2)c1C. The van der Waals surface area contributed by atoms with Crippen molar-refractivity contribution in [3.63, 3.8) is 0 Å². The van der Waals surface area contributed by atoms with Gasteiger partial charge in [-0.2, -0.15) is 18.3 Å². The van der Waals surface area contributed by atoms with Crippen molar-refractivity contribution in [3.8, 4) is 5.69 Å². The average Bonchev–Trinajstić information content (AvgIpc) is 2.91. The summed E-state index contributed by atoms with van der Waals surface area (Å²) in [5.41, 5.74) is 0.0847. The normalized spacial score (nSPS) is 11.5. The molecule has 1 heterocycles. The number of aromatic nitrogens is 2. The van der Waals surface area contributed by atoms with Crippen LogP contribution >= 0.6 is 0 Å². The zero-order valence-corrected chi connectivity index (χ0v) is 15.5. The van der Waals surface area contributed by atoms with Crippen LogP contribution in [0.15, 0.2) is 24.3 Å². The lowest BCUT2D eigenvalue weighted by Gasteiger charge is -2.10. The van der Waals surface area contributed by atoms with E-state index in [-0.39, 0.29) is 11.3 Å². The summed E-state index contributed by atoms with van der Waals surface area (Å²) < 4.78 is 40.1. The number of carbonyl (C=O) groups is 2. The molecule has 1 aromatic carbocycles. The van der Waals surface area contributed by atoms with Gasteiger partial charge in [0.2, 0.25) is 0 Å². The van der Waals surface area contributed by atoms with E-state index in [1.54, 1.807) is 13.8 Å². The Hall–Kier alpha value is -2.64. The van der Waals surface area contributed by atoms with Crippen LogP contribution in [0.2, 0.25) is 0 Å². The predicted molar refractivity (Wildman–Crippen MR) is 94.9 cm³/mol. The number of unbranched alkanes of at least 4 members (excludes halogenated alkanes) is 2. The fourth-order valence-corrected chi connectivity index (χ4v) is 2.81. The number of amides is 1. The van der Waals surface area contributed by atoms with Crippen molar-refractivity contribution in [1.29, 1.82) is 0 Å². The molecule has 0 aliphatic rings. The predicted octanol–water partition coefficient (Wildman–Crippen LogP) is 4.00. The number of nitrogens with zero attached hydrogens (tertiary/aromatic N) is 2. The molecule has 2 rings (SSSR count). The number of nitrogens with one attached hydrogen (secondary N) is 1. The van der Waals surface area contributed by atoms with E-state index >= 15 is 0 Å². The van der Waals surface area contributed by atoms with Crippen molar-refractivity contribution < 1.29 is 22.8 Å². The summed E-state index contributed by atoms with van der Waals surface area (Å²) in [5, 5.41) is 6.74. The third-order valence-electron chi connectivity index (χ3n) is 4.21. The summed E-state index contributed by atoms with van der Waals surface area (Å²) in [7, 11) is 0. The molecule has 0 spiro atoms. The van der Waals surface area contributed by atoms with Gasteiger partial charge in [0, 0.05) is 6.54 Å². The maximum Gasteiger partial charge on any atom is 0.416 e. The first-order valence-corrected chi connectivity index (χ1v) is 8.73. The summed E-state index contributed by atoms with van der Waals surface area (Å²) in [4.78, 5) is 24.6. The first-order valence-electron chi connectivity index (χ1n) is 8.73. The van der Waals surface area contributed by atoms with Gasteiger partial charge in [-0.05, 0) is 38.5 Å². The number of ketones is 1. The van der Waals surface area contributed by atoms with Crippen LogP contribution in [0.5, 0.6) is 0 Å². The van der Waals surface area contributed by atoms with Gasteiger partial charge in [0.25, 0.3) is 11.7 Å².